The molecule has 1 amide bonds. The molecule has 0 saturated heterocycles. The fraction of sp³-hybridized carbons (Fsp3) is 0.500. The highest BCUT2D eigenvalue weighted by molar-refractivity contribution is 7.89. The Balaban J connectivity index is 1.80. The minimum absolute atomic E-state index is 0.0540. The number of benzene rings is 1. The number of primary sulfonamides is 1. The highest BCUT2D eigenvalue weighted by Crippen LogP contribution is 2.17. The zero-order chi connectivity index (χ0) is 15.3. The first-order chi connectivity index (χ1) is 9.95. The van der Waals surface area contributed by atoms with Crippen LogP contribution in [0, 0.1) is 0 Å². The predicted octanol–water partition coefficient (Wildman–Crippen LogP) is 0.482. The van der Waals surface area contributed by atoms with Gasteiger partial charge < -0.3 is 10.6 Å². The molecule has 0 radical (unpaired) electrons. The average Bonchev–Trinajstić information content (AvgIpc) is 2.95. The molecule has 1 aliphatic rings. The molecule has 0 bridgehead atoms. The van der Waals surface area contributed by atoms with Gasteiger partial charge in [0.2, 0.25) is 15.9 Å². The minimum atomic E-state index is -3.71. The third-order valence-corrected chi connectivity index (χ3v) is 4.53. The van der Waals surface area contributed by atoms with E-state index in [1.165, 1.54) is 25.0 Å². The van der Waals surface area contributed by atoms with Gasteiger partial charge in [0, 0.05) is 12.6 Å². The monoisotopic (exact) mass is 311 g/mol. The molecule has 116 valence electrons. The van der Waals surface area contributed by atoms with Crippen LogP contribution in [-0.4, -0.2) is 26.9 Å². The van der Waals surface area contributed by atoms with E-state index in [1.807, 2.05) is 0 Å². The van der Waals surface area contributed by atoms with E-state index >= 15 is 0 Å². The molecule has 7 heteroatoms. The number of rotatable bonds is 6. The Hall–Kier alpha value is -1.44. The van der Waals surface area contributed by atoms with E-state index in [1.54, 1.807) is 12.1 Å². The smallest absolute Gasteiger partial charge is 0.238 e. The van der Waals surface area contributed by atoms with E-state index in [-0.39, 0.29) is 17.3 Å². The number of hydrogen-bond acceptors (Lipinski definition) is 4. The standard InChI is InChI=1S/C14H21N3O3S/c15-21(19,20)13-7-3-4-11(8-13)9-17-14(18)10-16-12-5-1-2-6-12/h3-4,7-8,12,16H,1-2,5-6,9-10H2,(H,17,18)(H2,15,19,20). The van der Waals surface area contributed by atoms with Gasteiger partial charge in [0.15, 0.2) is 0 Å². The van der Waals surface area contributed by atoms with Crippen molar-refractivity contribution in [2.75, 3.05) is 6.54 Å². The Bertz CT molecular complexity index is 595. The Morgan fingerprint density at radius 1 is 1.29 bits per heavy atom. The molecule has 1 fully saturated rings. The van der Waals surface area contributed by atoms with Crippen LogP contribution in [0.1, 0.15) is 31.2 Å². The van der Waals surface area contributed by atoms with Gasteiger partial charge in [-0.15, -0.1) is 0 Å². The summed E-state index contributed by atoms with van der Waals surface area (Å²) in [5, 5.41) is 11.1. The lowest BCUT2D eigenvalue weighted by Crippen LogP contribution is -2.37. The molecule has 1 aromatic carbocycles. The topological polar surface area (TPSA) is 101 Å². The highest BCUT2D eigenvalue weighted by atomic mass is 32.2. The third-order valence-electron chi connectivity index (χ3n) is 3.62. The number of amides is 1. The number of hydrogen-bond donors (Lipinski definition) is 3. The van der Waals surface area contributed by atoms with Gasteiger partial charge in [-0.3, -0.25) is 4.79 Å². The molecule has 4 N–H and O–H groups in total. The molecule has 0 aliphatic heterocycles. The first kappa shape index (κ1) is 15.9. The zero-order valence-electron chi connectivity index (χ0n) is 11.8. The zero-order valence-corrected chi connectivity index (χ0v) is 12.7. The highest BCUT2D eigenvalue weighted by Gasteiger charge is 2.15. The van der Waals surface area contributed by atoms with Crippen LogP contribution in [0.4, 0.5) is 0 Å². The molecule has 0 spiro atoms. The van der Waals surface area contributed by atoms with Crippen molar-refractivity contribution < 1.29 is 13.2 Å². The predicted molar refractivity (Wildman–Crippen MR) is 79.9 cm³/mol. The maximum absolute atomic E-state index is 11.7. The van der Waals surface area contributed by atoms with Crippen molar-refractivity contribution in [1.29, 1.82) is 0 Å². The summed E-state index contributed by atoms with van der Waals surface area (Å²) in [6.45, 7) is 0.577. The van der Waals surface area contributed by atoms with Crippen LogP contribution < -0.4 is 15.8 Å². The fourth-order valence-corrected chi connectivity index (χ4v) is 3.05. The second-order valence-corrected chi connectivity index (χ2v) is 6.89. The van der Waals surface area contributed by atoms with Crippen molar-refractivity contribution in [1.82, 2.24) is 10.6 Å². The molecule has 2 rings (SSSR count). The number of carbonyl (C=O) groups excluding carboxylic acids is 1. The van der Waals surface area contributed by atoms with E-state index in [4.69, 9.17) is 5.14 Å². The molecule has 1 aromatic rings. The Kier molecular flexibility index (Phi) is 5.33. The van der Waals surface area contributed by atoms with Crippen LogP contribution in [0.15, 0.2) is 29.2 Å². The van der Waals surface area contributed by atoms with Crippen molar-refractivity contribution in [2.24, 2.45) is 5.14 Å². The van der Waals surface area contributed by atoms with E-state index in [0.717, 1.165) is 12.8 Å². The lowest BCUT2D eigenvalue weighted by Gasteiger charge is -2.12. The Labute approximate surface area is 125 Å². The summed E-state index contributed by atoms with van der Waals surface area (Å²) in [6.07, 6.45) is 4.70. The summed E-state index contributed by atoms with van der Waals surface area (Å²) in [5.74, 6) is -0.0945. The summed E-state index contributed by atoms with van der Waals surface area (Å²) in [7, 11) is -3.71. The minimum Gasteiger partial charge on any atom is -0.351 e. The molecule has 0 unspecified atom stereocenters. The molecular formula is C14H21N3O3S. The molecular weight excluding hydrogens is 290 g/mol. The Morgan fingerprint density at radius 3 is 2.67 bits per heavy atom. The van der Waals surface area contributed by atoms with Crippen molar-refractivity contribution in [3.63, 3.8) is 0 Å². The largest absolute Gasteiger partial charge is 0.351 e. The van der Waals surface area contributed by atoms with Gasteiger partial charge in [-0.1, -0.05) is 25.0 Å². The summed E-state index contributed by atoms with van der Waals surface area (Å²) < 4.78 is 22.5. The SMILES string of the molecule is NS(=O)(=O)c1cccc(CNC(=O)CNC2CCCC2)c1. The summed E-state index contributed by atoms with van der Waals surface area (Å²) >= 11 is 0. The van der Waals surface area contributed by atoms with Crippen LogP contribution in [0.25, 0.3) is 0 Å². The first-order valence-electron chi connectivity index (χ1n) is 7.07. The summed E-state index contributed by atoms with van der Waals surface area (Å²) in [5.41, 5.74) is 0.704. The van der Waals surface area contributed by atoms with Crippen molar-refractivity contribution in [2.45, 2.75) is 43.2 Å². The van der Waals surface area contributed by atoms with E-state index < -0.39 is 10.0 Å². The van der Waals surface area contributed by atoms with Gasteiger partial charge >= 0.3 is 0 Å². The van der Waals surface area contributed by atoms with E-state index in [0.29, 0.717) is 18.2 Å². The van der Waals surface area contributed by atoms with Gasteiger partial charge in [-0.25, -0.2) is 13.6 Å². The van der Waals surface area contributed by atoms with E-state index in [9.17, 15) is 13.2 Å². The number of sulfonamides is 1. The molecule has 0 aromatic heterocycles. The van der Waals surface area contributed by atoms with Gasteiger partial charge in [-0.05, 0) is 30.5 Å². The van der Waals surface area contributed by atoms with Gasteiger partial charge in [0.1, 0.15) is 0 Å². The van der Waals surface area contributed by atoms with Crippen LogP contribution in [0.3, 0.4) is 0 Å². The van der Waals surface area contributed by atoms with Gasteiger partial charge in [-0.2, -0.15) is 0 Å². The second-order valence-electron chi connectivity index (χ2n) is 5.33. The average molecular weight is 311 g/mol. The summed E-state index contributed by atoms with van der Waals surface area (Å²) in [4.78, 5) is 11.8. The van der Waals surface area contributed by atoms with Gasteiger partial charge in [0.05, 0.1) is 11.4 Å². The quantitative estimate of drug-likeness (QED) is 0.711. The van der Waals surface area contributed by atoms with E-state index in [2.05, 4.69) is 10.6 Å². The van der Waals surface area contributed by atoms with Crippen LogP contribution in [-0.2, 0) is 21.4 Å². The fourth-order valence-electron chi connectivity index (χ4n) is 2.46. The maximum Gasteiger partial charge on any atom is 0.238 e. The van der Waals surface area contributed by atoms with Crippen LogP contribution >= 0.6 is 0 Å². The lowest BCUT2D eigenvalue weighted by atomic mass is 10.2. The van der Waals surface area contributed by atoms with Gasteiger partial charge in [0.25, 0.3) is 0 Å². The Morgan fingerprint density at radius 2 is 2.00 bits per heavy atom. The molecule has 0 heterocycles. The number of nitrogens with two attached hydrogens (primary N) is 1. The third kappa shape index (κ3) is 5.11. The lowest BCUT2D eigenvalue weighted by molar-refractivity contribution is -0.120. The number of carbonyl (C=O) groups is 1. The molecule has 21 heavy (non-hydrogen) atoms. The van der Waals surface area contributed by atoms with Crippen molar-refractivity contribution in [3.8, 4) is 0 Å². The number of nitrogens with one attached hydrogen (secondary N) is 2. The van der Waals surface area contributed by atoms with Crippen molar-refractivity contribution >= 4 is 15.9 Å². The molecule has 1 saturated carbocycles. The molecule has 1 aliphatic carbocycles. The van der Waals surface area contributed by atoms with Crippen LogP contribution in [0.5, 0.6) is 0 Å². The summed E-state index contributed by atoms with van der Waals surface area (Å²) in [6, 6.07) is 6.71. The second kappa shape index (κ2) is 7.02. The molecule has 0 atom stereocenters. The van der Waals surface area contributed by atoms with Crippen molar-refractivity contribution in [3.05, 3.63) is 29.8 Å². The maximum atomic E-state index is 11.7. The molecule has 6 nitrogen and oxygen atoms in total. The first-order valence-corrected chi connectivity index (χ1v) is 8.61. The van der Waals surface area contributed by atoms with Crippen LogP contribution in [0.2, 0.25) is 0 Å². The normalized spacial score (nSPS) is 16.0.